The smallest absolute Gasteiger partial charge is 0.124 e. The topological polar surface area (TPSA) is 46.3 Å². The minimum atomic E-state index is -0.520. The number of hydrogen-bond donors (Lipinski definition) is 1. The highest BCUT2D eigenvalue weighted by atomic mass is 16.5. The van der Waals surface area contributed by atoms with Crippen LogP contribution in [0.25, 0.3) is 0 Å². The first-order chi connectivity index (χ1) is 3.80. The third kappa shape index (κ3) is 0.869. The van der Waals surface area contributed by atoms with E-state index in [1.54, 1.807) is 13.0 Å². The lowest BCUT2D eigenvalue weighted by Gasteiger charge is -1.92. The van der Waals surface area contributed by atoms with Crippen LogP contribution in [-0.2, 0) is 0 Å². The molecule has 1 aromatic heterocycles. The molecule has 0 aromatic carbocycles. The van der Waals surface area contributed by atoms with E-state index in [0.717, 1.165) is 0 Å². The van der Waals surface area contributed by atoms with Gasteiger partial charge in [-0.3, -0.25) is 0 Å². The summed E-state index contributed by atoms with van der Waals surface area (Å²) in [7, 11) is 0. The van der Waals surface area contributed by atoms with Crippen LogP contribution in [0.1, 0.15) is 18.7 Å². The lowest BCUT2D eigenvalue weighted by molar-refractivity contribution is 0.188. The highest BCUT2D eigenvalue weighted by Gasteiger charge is 2.00. The zero-order valence-electron chi connectivity index (χ0n) is 4.53. The maximum absolute atomic E-state index is 8.79. The highest BCUT2D eigenvalue weighted by Crippen LogP contribution is 2.06. The minimum Gasteiger partial charge on any atom is -0.387 e. The van der Waals surface area contributed by atoms with Crippen molar-refractivity contribution in [1.82, 2.24) is 5.16 Å². The fourth-order valence-corrected chi connectivity index (χ4v) is 0.437. The standard InChI is InChI=1S/C5H7NO2/c1-4(7)5-2-3-8-6-5/h2-4,7H,1H3/t4-/m1/s1. The molecule has 3 nitrogen and oxygen atoms in total. The number of aliphatic hydroxyl groups excluding tert-OH is 1. The predicted octanol–water partition coefficient (Wildman–Crippen LogP) is 0.728. The summed E-state index contributed by atoms with van der Waals surface area (Å²) in [6.07, 6.45) is 0.913. The summed E-state index contributed by atoms with van der Waals surface area (Å²) in [6.45, 7) is 1.64. The lowest BCUT2D eigenvalue weighted by atomic mass is 10.3. The van der Waals surface area contributed by atoms with Crippen molar-refractivity contribution in [2.24, 2.45) is 0 Å². The van der Waals surface area contributed by atoms with Crippen LogP contribution in [0.5, 0.6) is 0 Å². The van der Waals surface area contributed by atoms with Gasteiger partial charge in [0.15, 0.2) is 0 Å². The van der Waals surface area contributed by atoms with E-state index in [-0.39, 0.29) is 0 Å². The fraction of sp³-hybridized carbons (Fsp3) is 0.400. The summed E-state index contributed by atoms with van der Waals surface area (Å²) in [6, 6.07) is 1.63. The Labute approximate surface area is 46.9 Å². The molecule has 1 N–H and O–H groups in total. The van der Waals surface area contributed by atoms with Crippen LogP contribution < -0.4 is 0 Å². The average molecular weight is 113 g/mol. The van der Waals surface area contributed by atoms with Gasteiger partial charge in [0.05, 0.1) is 6.10 Å². The van der Waals surface area contributed by atoms with E-state index < -0.39 is 6.10 Å². The van der Waals surface area contributed by atoms with E-state index in [1.165, 1.54) is 6.26 Å². The van der Waals surface area contributed by atoms with Crippen molar-refractivity contribution in [3.63, 3.8) is 0 Å². The number of nitrogens with zero attached hydrogens (tertiary/aromatic N) is 1. The van der Waals surface area contributed by atoms with Crippen LogP contribution in [0.15, 0.2) is 16.9 Å². The van der Waals surface area contributed by atoms with Crippen LogP contribution >= 0.6 is 0 Å². The van der Waals surface area contributed by atoms with Crippen LogP contribution in [0, 0.1) is 0 Å². The van der Waals surface area contributed by atoms with Gasteiger partial charge in [0, 0.05) is 6.07 Å². The molecule has 0 radical (unpaired) electrons. The van der Waals surface area contributed by atoms with E-state index in [2.05, 4.69) is 9.68 Å². The van der Waals surface area contributed by atoms with Crippen LogP contribution in [0.4, 0.5) is 0 Å². The van der Waals surface area contributed by atoms with Gasteiger partial charge in [0.2, 0.25) is 0 Å². The van der Waals surface area contributed by atoms with Crippen LogP contribution in [-0.4, -0.2) is 10.3 Å². The van der Waals surface area contributed by atoms with Gasteiger partial charge >= 0.3 is 0 Å². The molecule has 0 aliphatic carbocycles. The Kier molecular flexibility index (Phi) is 1.30. The highest BCUT2D eigenvalue weighted by molar-refractivity contribution is 4.97. The van der Waals surface area contributed by atoms with Crippen molar-refractivity contribution < 1.29 is 9.63 Å². The Balaban J connectivity index is 2.77. The molecular formula is C5H7NO2. The largest absolute Gasteiger partial charge is 0.387 e. The maximum Gasteiger partial charge on any atom is 0.124 e. The Morgan fingerprint density at radius 1 is 1.88 bits per heavy atom. The van der Waals surface area contributed by atoms with Gasteiger partial charge in [-0.1, -0.05) is 5.16 Å². The molecule has 1 aromatic rings. The quantitative estimate of drug-likeness (QED) is 0.583. The van der Waals surface area contributed by atoms with Gasteiger partial charge in [-0.15, -0.1) is 0 Å². The summed E-state index contributed by atoms with van der Waals surface area (Å²) in [5.41, 5.74) is 0.574. The molecule has 0 aliphatic heterocycles. The molecule has 0 saturated heterocycles. The molecule has 44 valence electrons. The first kappa shape index (κ1) is 5.31. The van der Waals surface area contributed by atoms with Crippen LogP contribution in [0.3, 0.4) is 0 Å². The summed E-state index contributed by atoms with van der Waals surface area (Å²) < 4.78 is 4.47. The summed E-state index contributed by atoms with van der Waals surface area (Å²) in [4.78, 5) is 0. The summed E-state index contributed by atoms with van der Waals surface area (Å²) in [5.74, 6) is 0. The number of hydrogen-bond acceptors (Lipinski definition) is 3. The number of aromatic nitrogens is 1. The molecule has 0 bridgehead atoms. The Bertz CT molecular complexity index is 145. The second-order valence-electron chi connectivity index (χ2n) is 1.60. The van der Waals surface area contributed by atoms with Crippen molar-refractivity contribution in [1.29, 1.82) is 0 Å². The van der Waals surface area contributed by atoms with Gasteiger partial charge in [-0.2, -0.15) is 0 Å². The fourth-order valence-electron chi connectivity index (χ4n) is 0.437. The van der Waals surface area contributed by atoms with Crippen LogP contribution in [0.2, 0.25) is 0 Å². The molecule has 0 saturated carbocycles. The number of aliphatic hydroxyl groups is 1. The first-order valence-electron chi connectivity index (χ1n) is 2.39. The van der Waals surface area contributed by atoms with Gasteiger partial charge in [0.1, 0.15) is 12.0 Å². The Morgan fingerprint density at radius 2 is 2.62 bits per heavy atom. The predicted molar refractivity (Wildman–Crippen MR) is 27.1 cm³/mol. The molecule has 1 atom stereocenters. The third-order valence-corrected chi connectivity index (χ3v) is 0.886. The van der Waals surface area contributed by atoms with Crippen molar-refractivity contribution in [2.45, 2.75) is 13.0 Å². The van der Waals surface area contributed by atoms with Crippen molar-refractivity contribution in [3.05, 3.63) is 18.0 Å². The second kappa shape index (κ2) is 1.96. The summed E-state index contributed by atoms with van der Waals surface area (Å²) in [5, 5.41) is 12.3. The second-order valence-corrected chi connectivity index (χ2v) is 1.60. The first-order valence-corrected chi connectivity index (χ1v) is 2.39. The van der Waals surface area contributed by atoms with Gasteiger partial charge in [-0.25, -0.2) is 0 Å². The SMILES string of the molecule is C[C@@H](O)c1ccon1. The molecule has 0 spiro atoms. The zero-order chi connectivity index (χ0) is 5.98. The summed E-state index contributed by atoms with van der Waals surface area (Å²) >= 11 is 0. The van der Waals surface area contributed by atoms with E-state index in [4.69, 9.17) is 5.11 Å². The molecule has 0 unspecified atom stereocenters. The van der Waals surface area contributed by atoms with E-state index in [1.807, 2.05) is 0 Å². The van der Waals surface area contributed by atoms with Crippen molar-refractivity contribution in [3.8, 4) is 0 Å². The minimum absolute atomic E-state index is 0.520. The molecule has 0 aliphatic rings. The third-order valence-electron chi connectivity index (χ3n) is 0.886. The molecule has 0 fully saturated rings. The van der Waals surface area contributed by atoms with E-state index in [9.17, 15) is 0 Å². The van der Waals surface area contributed by atoms with Crippen molar-refractivity contribution in [2.75, 3.05) is 0 Å². The molecule has 3 heteroatoms. The Hall–Kier alpha value is -0.830. The average Bonchev–Trinajstić information content (AvgIpc) is 2.12. The van der Waals surface area contributed by atoms with Gasteiger partial charge in [-0.05, 0) is 6.92 Å². The van der Waals surface area contributed by atoms with Crippen molar-refractivity contribution >= 4 is 0 Å². The van der Waals surface area contributed by atoms with E-state index in [0.29, 0.717) is 5.69 Å². The zero-order valence-corrected chi connectivity index (χ0v) is 4.53. The Morgan fingerprint density at radius 3 is 2.88 bits per heavy atom. The van der Waals surface area contributed by atoms with E-state index >= 15 is 0 Å². The number of rotatable bonds is 1. The lowest BCUT2D eigenvalue weighted by Crippen LogP contribution is -1.88. The molecular weight excluding hydrogens is 106 g/mol. The molecule has 1 heterocycles. The van der Waals surface area contributed by atoms with Gasteiger partial charge in [0.25, 0.3) is 0 Å². The normalized spacial score (nSPS) is 13.8. The monoisotopic (exact) mass is 113 g/mol. The molecule has 0 amide bonds. The van der Waals surface area contributed by atoms with Gasteiger partial charge < -0.3 is 9.63 Å². The molecule has 1 rings (SSSR count). The molecule has 8 heavy (non-hydrogen) atoms. The maximum atomic E-state index is 8.79.